The van der Waals surface area contributed by atoms with Crippen molar-refractivity contribution in [3.05, 3.63) is 192 Å². The summed E-state index contributed by atoms with van der Waals surface area (Å²) in [4.78, 5) is 9.84. The van der Waals surface area contributed by atoms with Crippen LogP contribution in [0.3, 0.4) is 0 Å². The molecule has 9 rings (SSSR count). The quantitative estimate of drug-likeness (QED) is 0.162. The molecule has 2 aromatic heterocycles. The molecule has 0 saturated heterocycles. The van der Waals surface area contributed by atoms with Gasteiger partial charge in [0.15, 0.2) is 0 Å². The van der Waals surface area contributed by atoms with Crippen LogP contribution in [0.15, 0.2) is 158 Å². The van der Waals surface area contributed by atoms with Crippen molar-refractivity contribution < 1.29 is 44.0 Å². The van der Waals surface area contributed by atoms with E-state index >= 15 is 0 Å². The molecule has 0 atom stereocenters. The van der Waals surface area contributed by atoms with Crippen LogP contribution in [-0.2, 0) is 37.3 Å². The molecule has 0 radical (unpaired) electrons. The Hall–Kier alpha value is -6.35. The third-order valence-electron chi connectivity index (χ3n) is 12.1. The number of benzene rings is 7. The molecule has 0 aliphatic heterocycles. The number of para-hydroxylation sites is 1. The molecule has 7 aromatic carbocycles. The standard InChI is InChI=1S/C62H60N3O.Pt/c1-39-20-22-41(23-21-39)44-30-31-63-54(36-44)46-33-45(34-49(35-46)62(9,10)11)50-18-15-19-55-58(50)64-59(53-37-48(61(6,7)8)28-29-57(53)66)65(55)56-32-40(2)51(38-52(56)42-16-13-12-14-17-42)43-24-26-47(27-25-43)60(3,4)5;/h12-32,34-38,66H,1-11H3;/q-1;/i1D3,2D3,20D,21D,22D,23D,30D,31D,36D;. The van der Waals surface area contributed by atoms with E-state index in [1.165, 1.54) is 0 Å². The van der Waals surface area contributed by atoms with Crippen LogP contribution >= 0.6 is 0 Å². The number of aromatic nitrogens is 3. The number of aromatic hydroxyl groups is 1. The minimum Gasteiger partial charge on any atom is -0.507 e. The molecule has 0 fully saturated rings. The van der Waals surface area contributed by atoms with E-state index in [2.05, 4.69) is 52.6 Å². The Morgan fingerprint density at radius 2 is 1.24 bits per heavy atom. The zero-order valence-electron chi connectivity index (χ0n) is 52.1. The van der Waals surface area contributed by atoms with Crippen LogP contribution in [0.1, 0.15) is 108 Å². The van der Waals surface area contributed by atoms with Crippen molar-refractivity contribution in [3.8, 4) is 78.6 Å². The number of rotatable bonds is 7. The number of fused-ring (bicyclic) bond motifs is 1. The second kappa shape index (κ2) is 18.0. The van der Waals surface area contributed by atoms with E-state index in [0.29, 0.717) is 50.4 Å². The maximum absolute atomic E-state index is 12.0. The molecule has 67 heavy (non-hydrogen) atoms. The van der Waals surface area contributed by atoms with E-state index in [1.54, 1.807) is 18.2 Å². The van der Waals surface area contributed by atoms with Crippen LogP contribution in [-0.4, -0.2) is 19.6 Å². The molecule has 340 valence electrons. The summed E-state index contributed by atoms with van der Waals surface area (Å²) in [6, 6.07) is 35.0. The SMILES string of the molecule is [2H]c1nc(-c2[c-]c(-c3cccc4c3nc(-c3cc(C(C)(C)C)ccc3O)n4-c3cc(C([2H])([2H])[2H])c(-c4ccc(C(C)(C)C)cc4)cc3-c3ccccc3)cc(C(C)(C)C)c2)c([2H])c(-c2c([2H])c([2H])c(C([2H])([2H])[2H])c([2H])c2[2H])c1[2H].[Pt]. The minimum absolute atomic E-state index is 0. The summed E-state index contributed by atoms with van der Waals surface area (Å²) in [6.45, 7) is 12.9. The van der Waals surface area contributed by atoms with Gasteiger partial charge in [0.2, 0.25) is 0 Å². The van der Waals surface area contributed by atoms with Crippen LogP contribution < -0.4 is 0 Å². The maximum atomic E-state index is 12.0. The molecule has 0 amide bonds. The monoisotopic (exact) mass is 1070 g/mol. The summed E-state index contributed by atoms with van der Waals surface area (Å²) < 4.78 is 115. The van der Waals surface area contributed by atoms with Gasteiger partial charge in [-0.15, -0.1) is 29.3 Å². The molecular formula is C62H60N3OPt-. The van der Waals surface area contributed by atoms with Crippen molar-refractivity contribution in [2.75, 3.05) is 0 Å². The fourth-order valence-corrected chi connectivity index (χ4v) is 8.22. The Kier molecular flexibility index (Phi) is 8.93. The first kappa shape index (κ1) is 33.2. The molecule has 0 saturated carbocycles. The van der Waals surface area contributed by atoms with Gasteiger partial charge in [0.1, 0.15) is 11.6 Å². The van der Waals surface area contributed by atoms with Gasteiger partial charge in [-0.3, -0.25) is 9.55 Å². The van der Waals surface area contributed by atoms with E-state index in [1.807, 2.05) is 122 Å². The normalized spacial score (nSPS) is 15.2. The van der Waals surface area contributed by atoms with Crippen molar-refractivity contribution in [1.29, 1.82) is 0 Å². The minimum atomic E-state index is -3.00. The molecule has 0 unspecified atom stereocenters. The molecule has 0 bridgehead atoms. The van der Waals surface area contributed by atoms with Gasteiger partial charge in [0, 0.05) is 46.7 Å². The summed E-state index contributed by atoms with van der Waals surface area (Å²) >= 11 is 0. The predicted molar refractivity (Wildman–Crippen MR) is 278 cm³/mol. The van der Waals surface area contributed by atoms with E-state index in [0.717, 1.165) is 27.8 Å². The average molecular weight is 1070 g/mol. The largest absolute Gasteiger partial charge is 0.507 e. The Labute approximate surface area is 430 Å². The zero-order chi connectivity index (χ0) is 57.8. The Bertz CT molecular complexity index is 3870. The second-order valence-electron chi connectivity index (χ2n) is 19.9. The number of phenolic OH excluding ortho intramolecular Hbond substituents is 1. The first-order valence-electron chi connectivity index (χ1n) is 28.6. The van der Waals surface area contributed by atoms with Crippen molar-refractivity contribution in [1.82, 2.24) is 14.5 Å². The molecule has 4 nitrogen and oxygen atoms in total. The summed E-state index contributed by atoms with van der Waals surface area (Å²) in [6.07, 6.45) is -0.629. The van der Waals surface area contributed by atoms with E-state index in [-0.39, 0.29) is 54.5 Å². The van der Waals surface area contributed by atoms with Gasteiger partial charge < -0.3 is 5.11 Å². The van der Waals surface area contributed by atoms with Crippen LogP contribution in [0.25, 0.3) is 83.9 Å². The van der Waals surface area contributed by atoms with Crippen LogP contribution in [0.5, 0.6) is 5.75 Å². The third kappa shape index (κ3) is 9.47. The maximum Gasteiger partial charge on any atom is 0.148 e. The fourth-order valence-electron chi connectivity index (χ4n) is 8.22. The van der Waals surface area contributed by atoms with Crippen molar-refractivity contribution >= 4 is 11.0 Å². The number of phenols is 1. The summed E-state index contributed by atoms with van der Waals surface area (Å²) in [7, 11) is 0. The summed E-state index contributed by atoms with van der Waals surface area (Å²) in [5.41, 5.74) is 5.64. The molecule has 1 N–H and O–H groups in total. The Balaban J connectivity index is 0.00000841. The van der Waals surface area contributed by atoms with E-state index in [9.17, 15) is 6.48 Å². The fraction of sp³-hybridized carbons (Fsp3) is 0.226. The van der Waals surface area contributed by atoms with Crippen LogP contribution in [0.2, 0.25) is 0 Å². The van der Waals surface area contributed by atoms with Gasteiger partial charge in [-0.05, 0) is 111 Å². The topological polar surface area (TPSA) is 50.9 Å². The van der Waals surface area contributed by atoms with Gasteiger partial charge >= 0.3 is 0 Å². The number of hydrogen-bond donors (Lipinski definition) is 1. The molecule has 2 heterocycles. The number of hydrogen-bond acceptors (Lipinski definition) is 3. The molecule has 9 aromatic rings. The predicted octanol–water partition coefficient (Wildman–Crippen LogP) is 16.4. The van der Waals surface area contributed by atoms with Crippen molar-refractivity contribution in [3.63, 3.8) is 0 Å². The number of aryl methyl sites for hydroxylation is 1. The van der Waals surface area contributed by atoms with Gasteiger partial charge in [0.05, 0.1) is 31.9 Å². The Morgan fingerprint density at radius 1 is 0.567 bits per heavy atom. The first-order chi connectivity index (χ1) is 36.7. The molecule has 5 heteroatoms. The number of pyridine rings is 1. The van der Waals surface area contributed by atoms with Gasteiger partial charge in [-0.25, -0.2) is 4.98 Å². The van der Waals surface area contributed by atoms with Gasteiger partial charge in [-0.2, -0.15) is 0 Å². The second-order valence-corrected chi connectivity index (χ2v) is 19.9. The Morgan fingerprint density at radius 3 is 1.91 bits per heavy atom. The van der Waals surface area contributed by atoms with Gasteiger partial charge in [-0.1, -0.05) is 182 Å². The average Bonchev–Trinajstić information content (AvgIpc) is 3.76. The van der Waals surface area contributed by atoms with Gasteiger partial charge in [0.25, 0.3) is 0 Å². The number of nitrogens with zero attached hydrogens (tertiary/aromatic N) is 3. The van der Waals surface area contributed by atoms with Crippen molar-refractivity contribution in [2.45, 2.75) is 92.3 Å². The number of imidazole rings is 1. The molecule has 0 aliphatic carbocycles. The summed E-state index contributed by atoms with van der Waals surface area (Å²) in [5, 5.41) is 12.0. The third-order valence-corrected chi connectivity index (χ3v) is 12.1. The van der Waals surface area contributed by atoms with Crippen LogP contribution in [0.4, 0.5) is 0 Å². The smallest absolute Gasteiger partial charge is 0.148 e. The van der Waals surface area contributed by atoms with E-state index < -0.39 is 78.2 Å². The van der Waals surface area contributed by atoms with Crippen LogP contribution in [0, 0.1) is 19.8 Å². The van der Waals surface area contributed by atoms with E-state index in [4.69, 9.17) is 21.4 Å². The molecular weight excluding hydrogens is 998 g/mol. The molecule has 0 aliphatic rings. The van der Waals surface area contributed by atoms with Crippen molar-refractivity contribution in [2.24, 2.45) is 0 Å². The summed E-state index contributed by atoms with van der Waals surface area (Å²) in [5.74, 6) is 0.245. The zero-order valence-corrected chi connectivity index (χ0v) is 41.3. The first-order valence-corrected chi connectivity index (χ1v) is 22.1. The molecule has 0 spiro atoms.